The first-order valence-corrected chi connectivity index (χ1v) is 8.76. The number of nitrogens with zero attached hydrogens (tertiary/aromatic N) is 3. The second-order valence-corrected chi connectivity index (χ2v) is 6.94. The number of furan rings is 1. The van der Waals surface area contributed by atoms with Crippen molar-refractivity contribution in [3.05, 3.63) is 64.2 Å². The third-order valence-corrected chi connectivity index (χ3v) is 4.67. The van der Waals surface area contributed by atoms with E-state index in [0.717, 1.165) is 11.9 Å². The second-order valence-electron chi connectivity index (χ2n) is 5.39. The topological polar surface area (TPSA) is 125 Å². The summed E-state index contributed by atoms with van der Waals surface area (Å²) in [5.74, 6) is -0.0635. The Labute approximate surface area is 148 Å². The molecule has 2 aromatic heterocycles. The van der Waals surface area contributed by atoms with Crippen LogP contribution in [0.4, 0.5) is 5.69 Å². The molecule has 1 aromatic carbocycles. The van der Waals surface area contributed by atoms with Crippen molar-refractivity contribution < 1.29 is 21.9 Å². The van der Waals surface area contributed by atoms with E-state index in [1.807, 2.05) is 0 Å². The van der Waals surface area contributed by atoms with Crippen LogP contribution in [0.15, 0.2) is 52.0 Å². The molecule has 0 aliphatic carbocycles. The molecular weight excluding hydrogens is 362 g/mol. The van der Waals surface area contributed by atoms with E-state index in [4.69, 9.17) is 8.60 Å². The number of nitro groups is 1. The summed E-state index contributed by atoms with van der Waals surface area (Å²) in [6.45, 7) is 3.46. The summed E-state index contributed by atoms with van der Waals surface area (Å²) in [4.78, 5) is 18.0. The maximum Gasteiger partial charge on any atom is 0.361 e. The van der Waals surface area contributed by atoms with Crippen molar-refractivity contribution in [1.29, 1.82) is 0 Å². The van der Waals surface area contributed by atoms with E-state index in [0.29, 0.717) is 5.76 Å². The van der Waals surface area contributed by atoms with E-state index in [-0.39, 0.29) is 16.3 Å². The molecule has 2 heterocycles. The van der Waals surface area contributed by atoms with Crippen molar-refractivity contribution >= 4 is 15.8 Å². The summed E-state index contributed by atoms with van der Waals surface area (Å²) in [6, 6.07) is 8.94. The van der Waals surface area contributed by atoms with E-state index in [1.165, 1.54) is 18.2 Å². The quantitative estimate of drug-likeness (QED) is 0.378. The zero-order chi connectivity index (χ0) is 18.9. The Bertz CT molecular complexity index is 1070. The van der Waals surface area contributed by atoms with Gasteiger partial charge in [0.25, 0.3) is 0 Å². The highest BCUT2D eigenvalue weighted by Crippen LogP contribution is 2.36. The Kier molecular flexibility index (Phi) is 4.43. The molecule has 0 saturated heterocycles. The minimum absolute atomic E-state index is 0.106. The molecule has 0 saturated carbocycles. The van der Waals surface area contributed by atoms with Gasteiger partial charge in [0.05, 0.1) is 4.92 Å². The molecule has 0 fully saturated rings. The molecule has 0 spiro atoms. The minimum atomic E-state index is -4.31. The smallest absolute Gasteiger partial charge is 0.361 e. The van der Waals surface area contributed by atoms with Crippen LogP contribution in [0.25, 0.3) is 11.5 Å². The molecule has 0 aliphatic rings. The van der Waals surface area contributed by atoms with Gasteiger partial charge in [0.2, 0.25) is 0 Å². The molecule has 26 heavy (non-hydrogen) atoms. The second kappa shape index (κ2) is 6.56. The maximum atomic E-state index is 12.4. The average molecular weight is 375 g/mol. The standard InChI is InChI=1S/C16H13N3O6S/c1-10-3-6-12(7-4-10)26(22,23)25-16-15(19(20)21)14(17-9-18-16)13-8-5-11(2)24-13/h3-9H,1-2H3. The fourth-order valence-corrected chi connectivity index (χ4v) is 3.08. The molecule has 10 heteroatoms. The van der Waals surface area contributed by atoms with E-state index in [1.54, 1.807) is 32.0 Å². The largest absolute Gasteiger partial charge is 0.459 e. The lowest BCUT2D eigenvalue weighted by Gasteiger charge is -2.08. The summed E-state index contributed by atoms with van der Waals surface area (Å²) in [5, 5.41) is 11.5. The van der Waals surface area contributed by atoms with Crippen LogP contribution < -0.4 is 4.18 Å². The van der Waals surface area contributed by atoms with Crippen molar-refractivity contribution in [3.8, 4) is 17.3 Å². The third kappa shape index (κ3) is 3.40. The number of aryl methyl sites for hydroxylation is 2. The van der Waals surface area contributed by atoms with Gasteiger partial charge >= 0.3 is 21.7 Å². The number of hydrogen-bond donors (Lipinski definition) is 0. The highest BCUT2D eigenvalue weighted by molar-refractivity contribution is 7.87. The monoisotopic (exact) mass is 375 g/mol. The van der Waals surface area contributed by atoms with Crippen LogP contribution in [0.2, 0.25) is 0 Å². The first-order valence-electron chi connectivity index (χ1n) is 7.35. The summed E-state index contributed by atoms with van der Waals surface area (Å²) >= 11 is 0. The summed E-state index contributed by atoms with van der Waals surface area (Å²) < 4.78 is 35.1. The van der Waals surface area contributed by atoms with E-state index in [9.17, 15) is 18.5 Å². The predicted octanol–water partition coefficient (Wildman–Crippen LogP) is 3.03. The molecule has 3 rings (SSSR count). The lowest BCUT2D eigenvalue weighted by Crippen LogP contribution is -2.12. The average Bonchev–Trinajstić information content (AvgIpc) is 3.01. The molecule has 0 atom stereocenters. The molecule has 134 valence electrons. The number of benzene rings is 1. The summed E-state index contributed by atoms with van der Waals surface area (Å²) in [7, 11) is -4.31. The Morgan fingerprint density at radius 3 is 2.35 bits per heavy atom. The molecule has 0 radical (unpaired) electrons. The van der Waals surface area contributed by atoms with Crippen molar-refractivity contribution in [2.75, 3.05) is 0 Å². The molecule has 0 unspecified atom stereocenters. The lowest BCUT2D eigenvalue weighted by molar-refractivity contribution is -0.385. The van der Waals surface area contributed by atoms with Crippen LogP contribution >= 0.6 is 0 Å². The molecule has 0 bridgehead atoms. The van der Waals surface area contributed by atoms with Crippen molar-refractivity contribution in [1.82, 2.24) is 9.97 Å². The van der Waals surface area contributed by atoms with Gasteiger partial charge < -0.3 is 8.60 Å². The van der Waals surface area contributed by atoms with Crippen molar-refractivity contribution in [3.63, 3.8) is 0 Å². The molecular formula is C16H13N3O6S. The Morgan fingerprint density at radius 2 is 1.77 bits per heavy atom. The van der Waals surface area contributed by atoms with Crippen LogP contribution in [0.3, 0.4) is 0 Å². The first kappa shape index (κ1) is 17.5. The van der Waals surface area contributed by atoms with Crippen molar-refractivity contribution in [2.24, 2.45) is 0 Å². The zero-order valence-electron chi connectivity index (χ0n) is 13.7. The Balaban J connectivity index is 2.08. The SMILES string of the molecule is Cc1ccc(S(=O)(=O)Oc2ncnc(-c3ccc(C)o3)c2[N+](=O)[O-])cc1. The summed E-state index contributed by atoms with van der Waals surface area (Å²) in [6.07, 6.45) is 0.972. The molecule has 0 aliphatic heterocycles. The van der Waals surface area contributed by atoms with Gasteiger partial charge in [0.15, 0.2) is 11.5 Å². The van der Waals surface area contributed by atoms with Gasteiger partial charge in [-0.3, -0.25) is 10.1 Å². The maximum absolute atomic E-state index is 12.4. The van der Waals surface area contributed by atoms with Crippen LogP contribution in [-0.2, 0) is 10.1 Å². The molecule has 0 N–H and O–H groups in total. The highest BCUT2D eigenvalue weighted by Gasteiger charge is 2.31. The van der Waals surface area contributed by atoms with Crippen LogP contribution in [0.5, 0.6) is 5.88 Å². The molecule has 0 amide bonds. The van der Waals surface area contributed by atoms with Gasteiger partial charge in [-0.1, -0.05) is 17.7 Å². The third-order valence-electron chi connectivity index (χ3n) is 3.44. The van der Waals surface area contributed by atoms with Crippen LogP contribution in [0.1, 0.15) is 11.3 Å². The number of hydrogen-bond acceptors (Lipinski definition) is 8. The predicted molar refractivity (Wildman–Crippen MR) is 90.1 cm³/mol. The number of rotatable bonds is 5. The molecule has 3 aromatic rings. The summed E-state index contributed by atoms with van der Waals surface area (Å²) in [5.41, 5.74) is -0.0165. The Morgan fingerprint density at radius 1 is 1.08 bits per heavy atom. The van der Waals surface area contributed by atoms with Gasteiger partial charge in [-0.2, -0.15) is 13.4 Å². The fourth-order valence-electron chi connectivity index (χ4n) is 2.19. The fraction of sp³-hybridized carbons (Fsp3) is 0.125. The molecule has 9 nitrogen and oxygen atoms in total. The lowest BCUT2D eigenvalue weighted by atomic mass is 10.2. The van der Waals surface area contributed by atoms with Crippen molar-refractivity contribution in [2.45, 2.75) is 18.7 Å². The van der Waals surface area contributed by atoms with Gasteiger partial charge in [0, 0.05) is 0 Å². The number of aromatic nitrogens is 2. The van der Waals surface area contributed by atoms with Gasteiger partial charge in [-0.05, 0) is 38.1 Å². The first-order chi connectivity index (χ1) is 12.3. The van der Waals surface area contributed by atoms with Gasteiger partial charge in [0.1, 0.15) is 17.0 Å². The van der Waals surface area contributed by atoms with E-state index >= 15 is 0 Å². The normalized spacial score (nSPS) is 11.3. The van der Waals surface area contributed by atoms with Gasteiger partial charge in [-0.25, -0.2) is 4.98 Å². The van der Waals surface area contributed by atoms with Crippen LogP contribution in [0, 0.1) is 24.0 Å². The zero-order valence-corrected chi connectivity index (χ0v) is 14.6. The van der Waals surface area contributed by atoms with E-state index in [2.05, 4.69) is 9.97 Å². The minimum Gasteiger partial charge on any atom is -0.459 e. The highest BCUT2D eigenvalue weighted by atomic mass is 32.2. The Hall–Kier alpha value is -3.27. The van der Waals surface area contributed by atoms with Gasteiger partial charge in [-0.15, -0.1) is 0 Å². The van der Waals surface area contributed by atoms with E-state index < -0.39 is 26.6 Å². The van der Waals surface area contributed by atoms with Crippen LogP contribution in [-0.4, -0.2) is 23.3 Å².